The van der Waals surface area contributed by atoms with Crippen LogP contribution in [0.3, 0.4) is 0 Å². The Labute approximate surface area is 171 Å². The van der Waals surface area contributed by atoms with Gasteiger partial charge in [-0.15, -0.1) is 0 Å². The number of methoxy groups -OCH3 is 1. The molecule has 0 bridgehead atoms. The molecule has 1 heterocycles. The molecule has 0 fully saturated rings. The second-order valence-electron chi connectivity index (χ2n) is 8.29. The largest absolute Gasteiger partial charge is 0.495 e. The SMILES string of the molecule is COc1ccc(C)cc1NC(=O)C1Cc2ccccc2CN1C(=O)OC(C)(C)C. The highest BCUT2D eigenvalue weighted by Crippen LogP contribution is 2.29. The van der Waals surface area contributed by atoms with Crippen LogP contribution in [0.4, 0.5) is 10.5 Å². The number of carbonyl (C=O) groups is 2. The van der Waals surface area contributed by atoms with Crippen molar-refractivity contribution in [3.63, 3.8) is 0 Å². The van der Waals surface area contributed by atoms with Crippen LogP contribution in [-0.4, -0.2) is 35.7 Å². The lowest BCUT2D eigenvalue weighted by atomic mass is 9.93. The molecule has 2 aromatic rings. The van der Waals surface area contributed by atoms with Crippen LogP contribution in [0.2, 0.25) is 0 Å². The highest BCUT2D eigenvalue weighted by Gasteiger charge is 2.37. The number of rotatable bonds is 3. The number of ether oxygens (including phenoxy) is 2. The third kappa shape index (κ3) is 4.88. The second-order valence-corrected chi connectivity index (χ2v) is 8.29. The zero-order valence-electron chi connectivity index (χ0n) is 17.6. The molecule has 3 rings (SSSR count). The quantitative estimate of drug-likeness (QED) is 0.840. The summed E-state index contributed by atoms with van der Waals surface area (Å²) in [5, 5.41) is 2.94. The summed E-state index contributed by atoms with van der Waals surface area (Å²) in [6.45, 7) is 7.72. The number of nitrogens with zero attached hydrogens (tertiary/aromatic N) is 1. The van der Waals surface area contributed by atoms with Gasteiger partial charge in [0.2, 0.25) is 5.91 Å². The molecule has 1 unspecified atom stereocenters. The zero-order valence-corrected chi connectivity index (χ0v) is 17.6. The predicted octanol–water partition coefficient (Wildman–Crippen LogP) is 4.30. The van der Waals surface area contributed by atoms with E-state index in [1.807, 2.05) is 70.2 Å². The van der Waals surface area contributed by atoms with Crippen molar-refractivity contribution < 1.29 is 19.1 Å². The minimum absolute atomic E-state index is 0.269. The molecule has 1 aliphatic heterocycles. The Morgan fingerprint density at radius 2 is 1.79 bits per heavy atom. The number of anilines is 1. The number of hydrogen-bond donors (Lipinski definition) is 1. The van der Waals surface area contributed by atoms with Gasteiger partial charge in [-0.25, -0.2) is 4.79 Å². The summed E-state index contributed by atoms with van der Waals surface area (Å²) in [6.07, 6.45) is -0.0709. The zero-order chi connectivity index (χ0) is 21.2. The number of fused-ring (bicyclic) bond motifs is 1. The molecule has 1 atom stereocenters. The van der Waals surface area contributed by atoms with Crippen molar-refractivity contribution in [2.75, 3.05) is 12.4 Å². The first-order valence-electron chi connectivity index (χ1n) is 9.70. The summed E-state index contributed by atoms with van der Waals surface area (Å²) in [4.78, 5) is 27.6. The molecule has 0 radical (unpaired) electrons. The van der Waals surface area contributed by atoms with Crippen molar-refractivity contribution in [2.24, 2.45) is 0 Å². The molecule has 6 heteroatoms. The molecule has 0 spiro atoms. The lowest BCUT2D eigenvalue weighted by Gasteiger charge is -2.37. The summed E-state index contributed by atoms with van der Waals surface area (Å²) in [5.74, 6) is 0.304. The normalized spacial score (nSPS) is 16.0. The van der Waals surface area contributed by atoms with Gasteiger partial charge in [0.1, 0.15) is 17.4 Å². The standard InChI is InChI=1S/C23H28N2O4/c1-15-10-11-20(28-5)18(12-15)24-21(26)19-13-16-8-6-7-9-17(16)14-25(19)22(27)29-23(2,3)4/h6-12,19H,13-14H2,1-5H3,(H,24,26). The first kappa shape index (κ1) is 20.7. The minimum atomic E-state index is -0.676. The van der Waals surface area contributed by atoms with Crippen molar-refractivity contribution >= 4 is 17.7 Å². The topological polar surface area (TPSA) is 67.9 Å². The first-order valence-corrected chi connectivity index (χ1v) is 9.70. The Morgan fingerprint density at radius 3 is 2.45 bits per heavy atom. The second kappa shape index (κ2) is 8.15. The van der Waals surface area contributed by atoms with Crippen LogP contribution in [0.1, 0.15) is 37.5 Å². The van der Waals surface area contributed by atoms with Gasteiger partial charge in [0.05, 0.1) is 19.3 Å². The van der Waals surface area contributed by atoms with E-state index in [-0.39, 0.29) is 5.91 Å². The lowest BCUT2D eigenvalue weighted by Crippen LogP contribution is -2.52. The average molecular weight is 396 g/mol. The van der Waals surface area contributed by atoms with E-state index in [0.29, 0.717) is 24.4 Å². The number of amides is 2. The van der Waals surface area contributed by atoms with Crippen LogP contribution in [0.25, 0.3) is 0 Å². The van der Waals surface area contributed by atoms with Gasteiger partial charge in [-0.2, -0.15) is 0 Å². The maximum absolute atomic E-state index is 13.2. The highest BCUT2D eigenvalue weighted by molar-refractivity contribution is 5.98. The van der Waals surface area contributed by atoms with Crippen molar-refractivity contribution in [1.29, 1.82) is 0 Å². The number of aryl methyl sites for hydroxylation is 1. The monoisotopic (exact) mass is 396 g/mol. The molecule has 0 aromatic heterocycles. The van der Waals surface area contributed by atoms with Crippen LogP contribution in [0, 0.1) is 6.92 Å². The van der Waals surface area contributed by atoms with E-state index in [2.05, 4.69) is 5.32 Å². The van der Waals surface area contributed by atoms with Gasteiger partial charge >= 0.3 is 6.09 Å². The van der Waals surface area contributed by atoms with Crippen molar-refractivity contribution in [2.45, 2.75) is 52.3 Å². The molecule has 2 amide bonds. The average Bonchev–Trinajstić information content (AvgIpc) is 2.65. The molecular formula is C23H28N2O4. The van der Waals surface area contributed by atoms with Crippen LogP contribution in [0.5, 0.6) is 5.75 Å². The van der Waals surface area contributed by atoms with Crippen LogP contribution < -0.4 is 10.1 Å². The molecule has 1 aliphatic rings. The van der Waals surface area contributed by atoms with E-state index in [1.165, 1.54) is 4.90 Å². The molecule has 154 valence electrons. The van der Waals surface area contributed by atoms with Gasteiger partial charge in [-0.3, -0.25) is 9.69 Å². The van der Waals surface area contributed by atoms with Gasteiger partial charge in [-0.05, 0) is 56.5 Å². The predicted molar refractivity (Wildman–Crippen MR) is 112 cm³/mol. The summed E-state index contributed by atoms with van der Waals surface area (Å²) >= 11 is 0. The number of benzene rings is 2. The third-order valence-corrected chi connectivity index (χ3v) is 4.79. The Balaban J connectivity index is 1.90. The fourth-order valence-corrected chi connectivity index (χ4v) is 3.41. The van der Waals surface area contributed by atoms with Gasteiger partial charge in [-0.1, -0.05) is 30.3 Å². The van der Waals surface area contributed by atoms with E-state index in [9.17, 15) is 9.59 Å². The van der Waals surface area contributed by atoms with E-state index in [4.69, 9.17) is 9.47 Å². The smallest absolute Gasteiger partial charge is 0.411 e. The van der Waals surface area contributed by atoms with E-state index in [1.54, 1.807) is 7.11 Å². The molecule has 0 aliphatic carbocycles. The number of hydrogen-bond acceptors (Lipinski definition) is 4. The van der Waals surface area contributed by atoms with Gasteiger partial charge in [0, 0.05) is 6.42 Å². The Kier molecular flexibility index (Phi) is 5.82. The molecule has 0 saturated carbocycles. The Bertz CT molecular complexity index is 917. The Morgan fingerprint density at radius 1 is 1.10 bits per heavy atom. The molecule has 2 aromatic carbocycles. The van der Waals surface area contributed by atoms with Gasteiger partial charge in [0.25, 0.3) is 0 Å². The van der Waals surface area contributed by atoms with E-state index >= 15 is 0 Å². The maximum Gasteiger partial charge on any atom is 0.411 e. The summed E-state index contributed by atoms with van der Waals surface area (Å²) in [6, 6.07) is 12.8. The number of nitrogens with one attached hydrogen (secondary N) is 1. The molecule has 1 N–H and O–H groups in total. The molecule has 6 nitrogen and oxygen atoms in total. The Hall–Kier alpha value is -3.02. The van der Waals surface area contributed by atoms with E-state index < -0.39 is 17.7 Å². The lowest BCUT2D eigenvalue weighted by molar-refractivity contribution is -0.121. The van der Waals surface area contributed by atoms with Crippen LogP contribution >= 0.6 is 0 Å². The first-order chi connectivity index (χ1) is 13.7. The molecular weight excluding hydrogens is 368 g/mol. The van der Waals surface area contributed by atoms with Crippen LogP contribution in [-0.2, 0) is 22.5 Å². The van der Waals surface area contributed by atoms with Crippen molar-refractivity contribution in [3.8, 4) is 5.75 Å². The summed E-state index contributed by atoms with van der Waals surface area (Å²) < 4.78 is 10.9. The van der Waals surface area contributed by atoms with Gasteiger partial charge in [0.15, 0.2) is 0 Å². The van der Waals surface area contributed by atoms with Crippen LogP contribution in [0.15, 0.2) is 42.5 Å². The summed E-state index contributed by atoms with van der Waals surface area (Å²) in [7, 11) is 1.56. The molecule has 0 saturated heterocycles. The fraction of sp³-hybridized carbons (Fsp3) is 0.391. The third-order valence-electron chi connectivity index (χ3n) is 4.79. The van der Waals surface area contributed by atoms with Crippen molar-refractivity contribution in [3.05, 3.63) is 59.2 Å². The van der Waals surface area contributed by atoms with Crippen molar-refractivity contribution in [1.82, 2.24) is 4.90 Å². The number of carbonyl (C=O) groups excluding carboxylic acids is 2. The summed E-state index contributed by atoms with van der Waals surface area (Å²) in [5.41, 5.74) is 3.02. The molecule has 29 heavy (non-hydrogen) atoms. The maximum atomic E-state index is 13.2. The minimum Gasteiger partial charge on any atom is -0.495 e. The fourth-order valence-electron chi connectivity index (χ4n) is 3.41. The van der Waals surface area contributed by atoms with Gasteiger partial charge < -0.3 is 14.8 Å². The van der Waals surface area contributed by atoms with E-state index in [0.717, 1.165) is 16.7 Å². The highest BCUT2D eigenvalue weighted by atomic mass is 16.6.